The summed E-state index contributed by atoms with van der Waals surface area (Å²) >= 11 is 0. The highest BCUT2D eigenvalue weighted by Crippen LogP contribution is 2.50. The summed E-state index contributed by atoms with van der Waals surface area (Å²) in [5.41, 5.74) is 9.09. The molecule has 24 heavy (non-hydrogen) atoms. The van der Waals surface area contributed by atoms with Gasteiger partial charge in [0, 0.05) is 17.2 Å². The second kappa shape index (κ2) is 5.44. The van der Waals surface area contributed by atoms with E-state index in [1.165, 1.54) is 48.1 Å². The van der Waals surface area contributed by atoms with E-state index >= 15 is 0 Å². The van der Waals surface area contributed by atoms with Gasteiger partial charge in [0.15, 0.2) is 6.20 Å². The second-order valence-corrected chi connectivity index (χ2v) is 9.01. The van der Waals surface area contributed by atoms with Crippen molar-refractivity contribution in [1.29, 1.82) is 0 Å². The number of hydrogen-bond acceptors (Lipinski definition) is 0. The highest BCUT2D eigenvalue weighted by molar-refractivity contribution is 5.65. The molecule has 3 aliphatic carbocycles. The van der Waals surface area contributed by atoms with E-state index < -0.39 is 0 Å². The van der Waals surface area contributed by atoms with Crippen LogP contribution in [0.5, 0.6) is 0 Å². The predicted molar refractivity (Wildman–Crippen MR) is 100 cm³/mol. The molecule has 2 aromatic rings. The van der Waals surface area contributed by atoms with Gasteiger partial charge in [0.2, 0.25) is 5.69 Å². The average Bonchev–Trinajstić information content (AvgIpc) is 2.54. The van der Waals surface area contributed by atoms with Crippen LogP contribution >= 0.6 is 0 Å². The topological polar surface area (TPSA) is 3.88 Å². The van der Waals surface area contributed by atoms with Gasteiger partial charge < -0.3 is 0 Å². The molecule has 1 heterocycles. The summed E-state index contributed by atoms with van der Waals surface area (Å²) in [6.45, 7) is 9.13. The fourth-order valence-corrected chi connectivity index (χ4v) is 4.78. The molecule has 0 saturated heterocycles. The number of aromatic nitrogens is 1. The number of rotatable bonds is 1. The first-order chi connectivity index (χ1) is 11.3. The molecule has 0 aliphatic heterocycles. The zero-order valence-electron chi connectivity index (χ0n) is 15.8. The van der Waals surface area contributed by atoms with E-state index in [0.29, 0.717) is 0 Å². The molecular formula is C23H30N+. The predicted octanol–water partition coefficient (Wildman–Crippen LogP) is 5.54. The van der Waals surface area contributed by atoms with E-state index in [-0.39, 0.29) is 5.41 Å². The van der Waals surface area contributed by atoms with E-state index in [4.69, 9.17) is 0 Å². The van der Waals surface area contributed by atoms with E-state index in [9.17, 15) is 0 Å². The molecule has 1 fully saturated rings. The van der Waals surface area contributed by atoms with Crippen molar-refractivity contribution in [2.75, 3.05) is 0 Å². The molecule has 1 aromatic carbocycles. The Morgan fingerprint density at radius 2 is 1.50 bits per heavy atom. The number of pyridine rings is 1. The Bertz CT molecular complexity index is 786. The molecule has 2 bridgehead atoms. The standard InChI is InChI=1S/C23H30N/c1-15-12-20-16-6-8-17(9-7-16)21(20)13-19(15)22-11-10-18(14-24(22)5)23(2,3)4/h10-14,16-17H,6-9H2,1-5H3/q+1. The third-order valence-corrected chi connectivity index (χ3v) is 6.31. The second-order valence-electron chi connectivity index (χ2n) is 9.01. The number of aryl methyl sites for hydroxylation is 2. The van der Waals surface area contributed by atoms with Crippen LogP contribution in [0.1, 0.15) is 80.5 Å². The molecule has 1 heteroatoms. The minimum absolute atomic E-state index is 0.195. The van der Waals surface area contributed by atoms with Crippen molar-refractivity contribution in [1.82, 2.24) is 0 Å². The normalized spacial score (nSPS) is 22.5. The zero-order valence-corrected chi connectivity index (χ0v) is 15.8. The molecule has 1 saturated carbocycles. The van der Waals surface area contributed by atoms with Crippen LogP contribution in [0.15, 0.2) is 30.5 Å². The van der Waals surface area contributed by atoms with Gasteiger partial charge in [0.1, 0.15) is 7.05 Å². The van der Waals surface area contributed by atoms with Crippen LogP contribution < -0.4 is 4.57 Å². The van der Waals surface area contributed by atoms with Crippen LogP contribution in [-0.2, 0) is 12.5 Å². The minimum atomic E-state index is 0.195. The van der Waals surface area contributed by atoms with Crippen LogP contribution in [0.4, 0.5) is 0 Å². The van der Waals surface area contributed by atoms with Crippen LogP contribution in [0.25, 0.3) is 11.3 Å². The Hall–Kier alpha value is -1.63. The summed E-state index contributed by atoms with van der Waals surface area (Å²) in [4.78, 5) is 0. The zero-order chi connectivity index (χ0) is 17.1. The smallest absolute Gasteiger partial charge is 0.201 e. The highest BCUT2D eigenvalue weighted by atomic mass is 14.9. The van der Waals surface area contributed by atoms with Gasteiger partial charge in [-0.2, -0.15) is 0 Å². The molecule has 3 aliphatic rings. The molecular weight excluding hydrogens is 290 g/mol. The van der Waals surface area contributed by atoms with Crippen LogP contribution in [0.2, 0.25) is 0 Å². The molecule has 0 amide bonds. The third-order valence-electron chi connectivity index (χ3n) is 6.31. The van der Waals surface area contributed by atoms with Gasteiger partial charge >= 0.3 is 0 Å². The molecule has 0 unspecified atom stereocenters. The first-order valence-corrected chi connectivity index (χ1v) is 9.49. The first-order valence-electron chi connectivity index (χ1n) is 9.49. The van der Waals surface area contributed by atoms with E-state index in [1.807, 2.05) is 0 Å². The lowest BCUT2D eigenvalue weighted by molar-refractivity contribution is -0.661. The van der Waals surface area contributed by atoms with Crippen molar-refractivity contribution in [2.45, 2.75) is 70.6 Å². The summed E-state index contributed by atoms with van der Waals surface area (Å²) in [5, 5.41) is 0. The van der Waals surface area contributed by atoms with Crippen LogP contribution in [-0.4, -0.2) is 0 Å². The Kier molecular flexibility index (Phi) is 3.60. The van der Waals surface area contributed by atoms with Gasteiger partial charge in [-0.3, -0.25) is 0 Å². The number of hydrogen-bond donors (Lipinski definition) is 0. The summed E-state index contributed by atoms with van der Waals surface area (Å²) in [6.07, 6.45) is 7.92. The monoisotopic (exact) mass is 320 g/mol. The minimum Gasteiger partial charge on any atom is -0.201 e. The number of nitrogens with zero attached hydrogens (tertiary/aromatic N) is 1. The fraction of sp³-hybridized carbons (Fsp3) is 0.522. The number of benzene rings is 1. The lowest BCUT2D eigenvalue weighted by atomic mass is 9.66. The van der Waals surface area contributed by atoms with Crippen LogP contribution in [0.3, 0.4) is 0 Å². The van der Waals surface area contributed by atoms with Crippen molar-refractivity contribution < 1.29 is 4.57 Å². The summed E-state index contributed by atoms with van der Waals surface area (Å²) in [7, 11) is 2.19. The van der Waals surface area contributed by atoms with E-state index in [2.05, 4.69) is 69.8 Å². The van der Waals surface area contributed by atoms with Gasteiger partial charge in [0.25, 0.3) is 0 Å². The molecule has 126 valence electrons. The molecule has 0 radical (unpaired) electrons. The molecule has 0 N–H and O–H groups in total. The summed E-state index contributed by atoms with van der Waals surface area (Å²) in [5.74, 6) is 1.64. The summed E-state index contributed by atoms with van der Waals surface area (Å²) < 4.78 is 2.32. The van der Waals surface area contributed by atoms with Gasteiger partial charge in [-0.25, -0.2) is 4.57 Å². The fourth-order valence-electron chi connectivity index (χ4n) is 4.78. The Morgan fingerprint density at radius 3 is 2.04 bits per heavy atom. The first kappa shape index (κ1) is 15.9. The van der Waals surface area contributed by atoms with E-state index in [1.54, 1.807) is 11.1 Å². The lowest BCUT2D eigenvalue weighted by Gasteiger charge is -2.38. The molecule has 1 nitrogen and oxygen atoms in total. The van der Waals surface area contributed by atoms with Gasteiger partial charge in [-0.15, -0.1) is 0 Å². The Labute approximate surface area is 146 Å². The SMILES string of the molecule is Cc1cc2c(cc1-c1ccc(C(C)(C)C)c[n+]1C)C1CCC2CC1. The van der Waals surface area contributed by atoms with Crippen LogP contribution in [0, 0.1) is 6.92 Å². The molecule has 1 aromatic heterocycles. The van der Waals surface area contributed by atoms with Crippen molar-refractivity contribution in [3.05, 3.63) is 52.7 Å². The largest absolute Gasteiger partial charge is 0.212 e. The molecule has 0 atom stereocenters. The quantitative estimate of drug-likeness (QED) is 0.607. The number of fused-ring (bicyclic) bond motifs is 2. The Morgan fingerprint density at radius 1 is 0.917 bits per heavy atom. The maximum absolute atomic E-state index is 2.52. The highest BCUT2D eigenvalue weighted by Gasteiger charge is 2.34. The Balaban J connectivity index is 1.82. The molecule has 5 rings (SSSR count). The van der Waals surface area contributed by atoms with Crippen molar-refractivity contribution in [3.63, 3.8) is 0 Å². The van der Waals surface area contributed by atoms with Gasteiger partial charge in [-0.1, -0.05) is 26.8 Å². The molecule has 0 spiro atoms. The summed E-state index contributed by atoms with van der Waals surface area (Å²) in [6, 6.07) is 9.64. The van der Waals surface area contributed by atoms with Gasteiger partial charge in [-0.05, 0) is 78.7 Å². The van der Waals surface area contributed by atoms with Crippen molar-refractivity contribution in [3.8, 4) is 11.3 Å². The average molecular weight is 321 g/mol. The van der Waals surface area contributed by atoms with Crippen molar-refractivity contribution in [2.24, 2.45) is 7.05 Å². The van der Waals surface area contributed by atoms with Gasteiger partial charge in [0.05, 0.1) is 0 Å². The maximum Gasteiger partial charge on any atom is 0.212 e. The maximum atomic E-state index is 2.52. The lowest BCUT2D eigenvalue weighted by Crippen LogP contribution is -2.33. The third kappa shape index (κ3) is 2.49. The van der Waals surface area contributed by atoms with E-state index in [0.717, 1.165) is 11.8 Å². The van der Waals surface area contributed by atoms with Crippen molar-refractivity contribution >= 4 is 0 Å².